The summed E-state index contributed by atoms with van der Waals surface area (Å²) in [6.45, 7) is 2.56. The Balaban J connectivity index is 2.13. The van der Waals surface area contributed by atoms with E-state index in [-0.39, 0.29) is 5.95 Å². The molecule has 0 radical (unpaired) electrons. The van der Waals surface area contributed by atoms with E-state index in [1.807, 2.05) is 12.3 Å². The van der Waals surface area contributed by atoms with Crippen LogP contribution in [0.3, 0.4) is 0 Å². The Labute approximate surface area is 120 Å². The average Bonchev–Trinajstić information content (AvgIpc) is 2.96. The second-order valence-electron chi connectivity index (χ2n) is 4.00. The minimum absolute atomic E-state index is 0.236. The van der Waals surface area contributed by atoms with Crippen LogP contribution in [0.15, 0.2) is 29.8 Å². The van der Waals surface area contributed by atoms with Gasteiger partial charge in [0.2, 0.25) is 11.8 Å². The molecule has 6 nitrogen and oxygen atoms in total. The van der Waals surface area contributed by atoms with Gasteiger partial charge < -0.3 is 15.2 Å². The average molecular weight is 293 g/mol. The van der Waals surface area contributed by atoms with Crippen molar-refractivity contribution in [3.8, 4) is 5.88 Å². The van der Waals surface area contributed by atoms with Crippen molar-refractivity contribution in [2.75, 3.05) is 11.9 Å². The van der Waals surface area contributed by atoms with Gasteiger partial charge in [-0.05, 0) is 17.9 Å². The van der Waals surface area contributed by atoms with Gasteiger partial charge in [0.25, 0.3) is 0 Å². The number of hydrogen-bond donors (Lipinski definition) is 2. The monoisotopic (exact) mass is 293 g/mol. The summed E-state index contributed by atoms with van der Waals surface area (Å²) in [5.74, 6) is -0.310. The number of rotatable bonds is 7. The maximum atomic E-state index is 11.3. The molecule has 0 saturated heterocycles. The van der Waals surface area contributed by atoms with Crippen LogP contribution in [0, 0.1) is 0 Å². The van der Waals surface area contributed by atoms with E-state index < -0.39 is 12.0 Å². The van der Waals surface area contributed by atoms with Crippen LogP contribution in [0.1, 0.15) is 24.3 Å². The van der Waals surface area contributed by atoms with E-state index in [2.05, 4.69) is 15.3 Å². The molecule has 0 saturated carbocycles. The maximum absolute atomic E-state index is 11.3. The first-order valence-corrected chi connectivity index (χ1v) is 7.07. The van der Waals surface area contributed by atoms with Gasteiger partial charge in [-0.25, -0.2) is 9.78 Å². The Morgan fingerprint density at radius 1 is 1.55 bits per heavy atom. The first kappa shape index (κ1) is 14.3. The van der Waals surface area contributed by atoms with Crippen LogP contribution >= 0.6 is 11.3 Å². The quantitative estimate of drug-likeness (QED) is 0.816. The highest BCUT2D eigenvalue weighted by Gasteiger charge is 2.21. The molecule has 0 aliphatic rings. The number of nitrogens with one attached hydrogen (secondary N) is 1. The molecule has 2 aromatic heterocycles. The topological polar surface area (TPSA) is 84.3 Å². The van der Waals surface area contributed by atoms with Crippen LogP contribution < -0.4 is 10.1 Å². The highest BCUT2D eigenvalue weighted by atomic mass is 32.1. The largest absolute Gasteiger partial charge is 0.479 e. The van der Waals surface area contributed by atoms with Gasteiger partial charge in [-0.1, -0.05) is 13.0 Å². The third kappa shape index (κ3) is 3.67. The van der Waals surface area contributed by atoms with Crippen LogP contribution in [-0.2, 0) is 4.79 Å². The molecule has 0 amide bonds. The van der Waals surface area contributed by atoms with Crippen LogP contribution in [-0.4, -0.2) is 27.7 Å². The molecule has 1 unspecified atom stereocenters. The predicted octanol–water partition coefficient (Wildman–Crippen LogP) is 2.56. The lowest BCUT2D eigenvalue weighted by atomic mass is 10.2. The number of carboxylic acid groups (broad SMARTS) is 1. The van der Waals surface area contributed by atoms with Crippen molar-refractivity contribution >= 4 is 23.3 Å². The van der Waals surface area contributed by atoms with Crippen molar-refractivity contribution in [2.24, 2.45) is 0 Å². The minimum Gasteiger partial charge on any atom is -0.479 e. The lowest BCUT2D eigenvalue weighted by Crippen LogP contribution is -2.20. The number of nitrogens with zero attached hydrogens (tertiary/aromatic N) is 2. The number of thiophene rings is 1. The second kappa shape index (κ2) is 6.85. The third-order valence-electron chi connectivity index (χ3n) is 2.43. The molecule has 0 spiro atoms. The normalized spacial score (nSPS) is 11.8. The summed E-state index contributed by atoms with van der Waals surface area (Å²) < 4.78 is 5.39. The number of carbonyl (C=O) groups is 1. The zero-order chi connectivity index (χ0) is 14.4. The van der Waals surface area contributed by atoms with Gasteiger partial charge >= 0.3 is 5.97 Å². The Morgan fingerprint density at radius 2 is 2.40 bits per heavy atom. The number of aliphatic carboxylic acids is 1. The fraction of sp³-hybridized carbons (Fsp3) is 0.308. The number of carboxylic acids is 1. The maximum Gasteiger partial charge on any atom is 0.331 e. The van der Waals surface area contributed by atoms with E-state index in [4.69, 9.17) is 4.74 Å². The summed E-state index contributed by atoms with van der Waals surface area (Å²) in [6, 6.07) is 4.34. The predicted molar refractivity (Wildman–Crippen MR) is 76.1 cm³/mol. The van der Waals surface area contributed by atoms with Crippen molar-refractivity contribution in [3.05, 3.63) is 34.7 Å². The van der Waals surface area contributed by atoms with E-state index in [0.717, 1.165) is 6.42 Å². The molecule has 2 aromatic rings. The van der Waals surface area contributed by atoms with Gasteiger partial charge in [0.1, 0.15) is 0 Å². The van der Waals surface area contributed by atoms with E-state index in [1.165, 1.54) is 17.5 Å². The molecule has 0 aliphatic carbocycles. The molecule has 0 aliphatic heterocycles. The van der Waals surface area contributed by atoms with Crippen LogP contribution in [0.4, 0.5) is 5.95 Å². The van der Waals surface area contributed by atoms with Crippen molar-refractivity contribution in [3.63, 3.8) is 0 Å². The summed E-state index contributed by atoms with van der Waals surface area (Å²) in [4.78, 5) is 20.2. The molecule has 1 atom stereocenters. The van der Waals surface area contributed by atoms with E-state index in [9.17, 15) is 9.90 Å². The van der Waals surface area contributed by atoms with E-state index in [0.29, 0.717) is 17.4 Å². The van der Waals surface area contributed by atoms with Crippen LogP contribution in [0.2, 0.25) is 0 Å². The molecule has 0 bridgehead atoms. The summed E-state index contributed by atoms with van der Waals surface area (Å²) >= 11 is 1.37. The molecular formula is C13H15N3O3S. The van der Waals surface area contributed by atoms with Gasteiger partial charge in [0, 0.05) is 17.1 Å². The van der Waals surface area contributed by atoms with Gasteiger partial charge in [-0.2, -0.15) is 4.98 Å². The summed E-state index contributed by atoms with van der Waals surface area (Å²) in [5.41, 5.74) is 0. The Kier molecular flexibility index (Phi) is 4.89. The van der Waals surface area contributed by atoms with Gasteiger partial charge in [0.05, 0.1) is 6.61 Å². The molecular weight excluding hydrogens is 278 g/mol. The number of ether oxygens (including phenoxy) is 1. The highest BCUT2D eigenvalue weighted by Crippen LogP contribution is 2.23. The summed E-state index contributed by atoms with van der Waals surface area (Å²) in [5, 5.41) is 13.9. The zero-order valence-corrected chi connectivity index (χ0v) is 11.8. The Hall–Kier alpha value is -2.15. The summed E-state index contributed by atoms with van der Waals surface area (Å²) in [6.07, 6.45) is 2.41. The standard InChI is InChI=1S/C13H15N3O3S/c1-2-7-19-10-5-6-14-13(15-10)16-11(12(17)18)9-4-3-8-20-9/h3-6,8,11H,2,7H2,1H3,(H,17,18)(H,14,15,16). The molecule has 0 fully saturated rings. The van der Waals surface area contributed by atoms with Crippen molar-refractivity contribution in [2.45, 2.75) is 19.4 Å². The van der Waals surface area contributed by atoms with Crippen LogP contribution in [0.5, 0.6) is 5.88 Å². The Bertz CT molecular complexity index is 560. The zero-order valence-electron chi connectivity index (χ0n) is 10.9. The smallest absolute Gasteiger partial charge is 0.331 e. The highest BCUT2D eigenvalue weighted by molar-refractivity contribution is 7.10. The van der Waals surface area contributed by atoms with Crippen molar-refractivity contribution in [1.29, 1.82) is 0 Å². The molecule has 106 valence electrons. The van der Waals surface area contributed by atoms with Gasteiger partial charge in [-0.3, -0.25) is 0 Å². The minimum atomic E-state index is -0.976. The summed E-state index contributed by atoms with van der Waals surface area (Å²) in [7, 11) is 0. The van der Waals surface area contributed by atoms with Crippen molar-refractivity contribution in [1.82, 2.24) is 9.97 Å². The molecule has 2 N–H and O–H groups in total. The van der Waals surface area contributed by atoms with Crippen LogP contribution in [0.25, 0.3) is 0 Å². The molecule has 7 heteroatoms. The SMILES string of the molecule is CCCOc1ccnc(NC(C(=O)O)c2cccs2)n1. The van der Waals surface area contributed by atoms with E-state index in [1.54, 1.807) is 18.2 Å². The van der Waals surface area contributed by atoms with Gasteiger partial charge in [-0.15, -0.1) is 11.3 Å². The molecule has 2 heterocycles. The number of hydrogen-bond acceptors (Lipinski definition) is 6. The molecule has 0 aromatic carbocycles. The first-order chi connectivity index (χ1) is 9.70. The second-order valence-corrected chi connectivity index (χ2v) is 4.98. The fourth-order valence-electron chi connectivity index (χ4n) is 1.54. The van der Waals surface area contributed by atoms with Gasteiger partial charge in [0.15, 0.2) is 6.04 Å². The first-order valence-electron chi connectivity index (χ1n) is 6.19. The Morgan fingerprint density at radius 3 is 3.05 bits per heavy atom. The van der Waals surface area contributed by atoms with Crippen molar-refractivity contribution < 1.29 is 14.6 Å². The molecule has 20 heavy (non-hydrogen) atoms. The number of anilines is 1. The molecule has 2 rings (SSSR count). The number of aromatic nitrogens is 2. The lowest BCUT2D eigenvalue weighted by Gasteiger charge is -2.13. The lowest BCUT2D eigenvalue weighted by molar-refractivity contribution is -0.138. The third-order valence-corrected chi connectivity index (χ3v) is 3.37. The fourth-order valence-corrected chi connectivity index (χ4v) is 2.31. The van der Waals surface area contributed by atoms with E-state index >= 15 is 0 Å².